The standard InChI is InChI=1S/C19H20N2O8/c1-10-15(18(23)28-3)16(11-6-5-7-12(8-11)21(25)26)17(19(24)29-4)13(20-10)9-14(22)27-2/h5-8,16,20H,9H2,1-4H3. The average molecular weight is 404 g/mol. The maximum atomic E-state index is 12.6. The van der Waals surface area contributed by atoms with E-state index < -0.39 is 28.7 Å². The van der Waals surface area contributed by atoms with Gasteiger partial charge < -0.3 is 19.5 Å². The molecule has 1 unspecified atom stereocenters. The van der Waals surface area contributed by atoms with Crippen LogP contribution >= 0.6 is 0 Å². The molecule has 1 atom stereocenters. The van der Waals surface area contributed by atoms with E-state index in [1.54, 1.807) is 6.92 Å². The van der Waals surface area contributed by atoms with Crippen LogP contribution in [-0.2, 0) is 28.6 Å². The highest BCUT2D eigenvalue weighted by Crippen LogP contribution is 2.40. The normalized spacial score (nSPS) is 16.1. The minimum Gasteiger partial charge on any atom is -0.469 e. The highest BCUT2D eigenvalue weighted by molar-refractivity contribution is 6.00. The third kappa shape index (κ3) is 4.42. The van der Waals surface area contributed by atoms with Crippen LogP contribution in [0.1, 0.15) is 24.8 Å². The molecule has 1 N–H and O–H groups in total. The van der Waals surface area contributed by atoms with Crippen molar-refractivity contribution in [2.24, 2.45) is 0 Å². The van der Waals surface area contributed by atoms with Crippen molar-refractivity contribution in [2.45, 2.75) is 19.3 Å². The Labute approximate surface area is 166 Å². The highest BCUT2D eigenvalue weighted by atomic mass is 16.6. The van der Waals surface area contributed by atoms with Crippen LogP contribution in [0.4, 0.5) is 5.69 Å². The molecule has 0 fully saturated rings. The van der Waals surface area contributed by atoms with Crippen LogP contribution in [0.2, 0.25) is 0 Å². The first kappa shape index (κ1) is 21.6. The number of nitro benzene ring substituents is 1. The molecule has 29 heavy (non-hydrogen) atoms. The van der Waals surface area contributed by atoms with Gasteiger partial charge in [0.1, 0.15) is 0 Å². The number of carbonyl (C=O) groups excluding carboxylic acids is 3. The maximum absolute atomic E-state index is 12.6. The van der Waals surface area contributed by atoms with Gasteiger partial charge in [-0.1, -0.05) is 12.1 Å². The molecule has 10 nitrogen and oxygen atoms in total. The molecule has 0 saturated heterocycles. The minimum atomic E-state index is -1.05. The number of dihydropyridines is 1. The Hall–Kier alpha value is -3.69. The summed E-state index contributed by atoms with van der Waals surface area (Å²) >= 11 is 0. The molecule has 0 spiro atoms. The summed E-state index contributed by atoms with van der Waals surface area (Å²) in [5.74, 6) is -3.21. The number of nitro groups is 1. The highest BCUT2D eigenvalue weighted by Gasteiger charge is 2.39. The molecule has 1 aliphatic rings. The van der Waals surface area contributed by atoms with Gasteiger partial charge in [0.25, 0.3) is 5.69 Å². The monoisotopic (exact) mass is 404 g/mol. The lowest BCUT2D eigenvalue weighted by Gasteiger charge is -2.30. The van der Waals surface area contributed by atoms with Gasteiger partial charge in [-0.25, -0.2) is 9.59 Å². The summed E-state index contributed by atoms with van der Waals surface area (Å²) in [5.41, 5.74) is 0.613. The average Bonchev–Trinajstić information content (AvgIpc) is 2.72. The van der Waals surface area contributed by atoms with E-state index in [1.807, 2.05) is 0 Å². The molecule has 0 aliphatic carbocycles. The van der Waals surface area contributed by atoms with Crippen LogP contribution in [0.25, 0.3) is 0 Å². The summed E-state index contributed by atoms with van der Waals surface area (Å²) < 4.78 is 14.4. The van der Waals surface area contributed by atoms with E-state index >= 15 is 0 Å². The molecule has 1 aromatic carbocycles. The van der Waals surface area contributed by atoms with E-state index in [1.165, 1.54) is 38.5 Å². The summed E-state index contributed by atoms with van der Waals surface area (Å²) in [5, 5.41) is 14.1. The Bertz CT molecular complexity index is 932. The molecule has 10 heteroatoms. The molecule has 0 saturated carbocycles. The summed E-state index contributed by atoms with van der Waals surface area (Å²) in [6.07, 6.45) is -0.293. The van der Waals surface area contributed by atoms with Crippen molar-refractivity contribution in [3.05, 3.63) is 62.5 Å². The smallest absolute Gasteiger partial charge is 0.336 e. The largest absolute Gasteiger partial charge is 0.469 e. The van der Waals surface area contributed by atoms with Crippen molar-refractivity contribution < 1.29 is 33.5 Å². The molecule has 2 rings (SSSR count). The van der Waals surface area contributed by atoms with Gasteiger partial charge in [0.15, 0.2) is 0 Å². The third-order valence-corrected chi connectivity index (χ3v) is 4.42. The lowest BCUT2D eigenvalue weighted by Crippen LogP contribution is -2.33. The van der Waals surface area contributed by atoms with E-state index in [0.29, 0.717) is 11.3 Å². The van der Waals surface area contributed by atoms with Crippen molar-refractivity contribution >= 4 is 23.6 Å². The Balaban J connectivity index is 2.78. The molecular formula is C19H20N2O8. The zero-order chi connectivity index (χ0) is 21.7. The second-order valence-corrected chi connectivity index (χ2v) is 6.08. The Morgan fingerprint density at radius 1 is 1.07 bits per heavy atom. The number of nitrogens with one attached hydrogen (secondary N) is 1. The predicted molar refractivity (Wildman–Crippen MR) is 99.4 cm³/mol. The van der Waals surface area contributed by atoms with Crippen molar-refractivity contribution in [1.29, 1.82) is 0 Å². The number of allylic oxidation sites excluding steroid dienone is 1. The summed E-state index contributed by atoms with van der Waals surface area (Å²) in [6.45, 7) is 1.57. The molecule has 0 radical (unpaired) electrons. The van der Waals surface area contributed by atoms with E-state index in [-0.39, 0.29) is 29.0 Å². The number of non-ortho nitro benzene ring substituents is 1. The zero-order valence-electron chi connectivity index (χ0n) is 16.3. The number of carbonyl (C=O) groups is 3. The van der Waals surface area contributed by atoms with Crippen LogP contribution in [0.3, 0.4) is 0 Å². The first-order valence-corrected chi connectivity index (χ1v) is 8.43. The molecule has 154 valence electrons. The van der Waals surface area contributed by atoms with Crippen molar-refractivity contribution in [2.75, 3.05) is 21.3 Å². The van der Waals surface area contributed by atoms with Crippen molar-refractivity contribution in [3.63, 3.8) is 0 Å². The van der Waals surface area contributed by atoms with Gasteiger partial charge >= 0.3 is 17.9 Å². The molecular weight excluding hydrogens is 384 g/mol. The fourth-order valence-corrected chi connectivity index (χ4v) is 3.14. The van der Waals surface area contributed by atoms with Crippen LogP contribution in [0.15, 0.2) is 46.8 Å². The number of methoxy groups -OCH3 is 3. The molecule has 0 bridgehead atoms. The lowest BCUT2D eigenvalue weighted by atomic mass is 9.79. The van der Waals surface area contributed by atoms with Gasteiger partial charge in [-0.2, -0.15) is 0 Å². The Morgan fingerprint density at radius 2 is 1.69 bits per heavy atom. The molecule has 0 aromatic heterocycles. The Morgan fingerprint density at radius 3 is 2.24 bits per heavy atom. The van der Waals surface area contributed by atoms with Gasteiger partial charge in [0.2, 0.25) is 0 Å². The van der Waals surface area contributed by atoms with Gasteiger partial charge in [-0.05, 0) is 12.5 Å². The van der Waals surface area contributed by atoms with Gasteiger partial charge in [0, 0.05) is 23.5 Å². The zero-order valence-corrected chi connectivity index (χ0v) is 16.3. The summed E-state index contributed by atoms with van der Waals surface area (Å²) in [7, 11) is 3.53. The van der Waals surface area contributed by atoms with E-state index in [0.717, 1.165) is 7.11 Å². The van der Waals surface area contributed by atoms with Gasteiger partial charge in [0.05, 0.1) is 49.7 Å². The first-order valence-electron chi connectivity index (χ1n) is 8.43. The number of hydrogen-bond donors (Lipinski definition) is 1. The van der Waals surface area contributed by atoms with Gasteiger partial charge in [-0.15, -0.1) is 0 Å². The van der Waals surface area contributed by atoms with E-state index in [2.05, 4.69) is 10.1 Å². The predicted octanol–water partition coefficient (Wildman–Crippen LogP) is 1.72. The van der Waals surface area contributed by atoms with Crippen LogP contribution < -0.4 is 5.32 Å². The van der Waals surface area contributed by atoms with Crippen LogP contribution in [0.5, 0.6) is 0 Å². The lowest BCUT2D eigenvalue weighted by molar-refractivity contribution is -0.384. The summed E-state index contributed by atoms with van der Waals surface area (Å²) in [4.78, 5) is 47.6. The molecule has 0 amide bonds. The second kappa shape index (κ2) is 9.00. The quantitative estimate of drug-likeness (QED) is 0.325. The first-order chi connectivity index (χ1) is 13.7. The third-order valence-electron chi connectivity index (χ3n) is 4.42. The minimum absolute atomic E-state index is 0.0376. The Kier molecular flexibility index (Phi) is 6.71. The maximum Gasteiger partial charge on any atom is 0.336 e. The van der Waals surface area contributed by atoms with Crippen molar-refractivity contribution in [1.82, 2.24) is 5.32 Å². The second-order valence-electron chi connectivity index (χ2n) is 6.08. The SMILES string of the molecule is COC(=O)CC1=C(C(=O)OC)C(c2cccc([N+](=O)[O-])c2)C(C(=O)OC)=C(C)N1. The van der Waals surface area contributed by atoms with E-state index in [4.69, 9.17) is 9.47 Å². The number of hydrogen-bond acceptors (Lipinski definition) is 9. The van der Waals surface area contributed by atoms with Crippen LogP contribution in [-0.4, -0.2) is 44.2 Å². The number of rotatable bonds is 6. The number of benzene rings is 1. The molecule has 1 heterocycles. The fourth-order valence-electron chi connectivity index (χ4n) is 3.14. The molecule has 1 aliphatic heterocycles. The number of esters is 3. The van der Waals surface area contributed by atoms with Gasteiger partial charge in [-0.3, -0.25) is 14.9 Å². The molecule has 1 aromatic rings. The summed E-state index contributed by atoms with van der Waals surface area (Å²) in [6, 6.07) is 5.52. The fraction of sp³-hybridized carbons (Fsp3) is 0.316. The number of ether oxygens (including phenoxy) is 3. The van der Waals surface area contributed by atoms with Crippen LogP contribution in [0, 0.1) is 10.1 Å². The number of nitrogens with zero attached hydrogens (tertiary/aromatic N) is 1. The van der Waals surface area contributed by atoms with Crippen molar-refractivity contribution in [3.8, 4) is 0 Å². The van der Waals surface area contributed by atoms with E-state index in [9.17, 15) is 24.5 Å². The topological polar surface area (TPSA) is 134 Å².